The molecule has 1 saturated heterocycles. The molecule has 1 heterocycles. The maximum Gasteiger partial charge on any atom is 0.214 e. The van der Waals surface area contributed by atoms with Crippen molar-refractivity contribution in [1.82, 2.24) is 14.9 Å². The Kier molecular flexibility index (Phi) is 8.53. The Hall–Kier alpha value is -1.84. The van der Waals surface area contributed by atoms with Gasteiger partial charge in [0.1, 0.15) is 5.75 Å². The highest BCUT2D eigenvalue weighted by atomic mass is 32.2. The molecule has 158 valence electrons. The van der Waals surface area contributed by atoms with Crippen molar-refractivity contribution >= 4 is 16.0 Å². The fourth-order valence-electron chi connectivity index (χ4n) is 2.91. The molecule has 28 heavy (non-hydrogen) atoms. The lowest BCUT2D eigenvalue weighted by molar-refractivity contribution is 0.186. The Morgan fingerprint density at radius 2 is 2.00 bits per heavy atom. The number of hydrogen-bond donors (Lipinski definition) is 3. The van der Waals surface area contributed by atoms with Crippen molar-refractivity contribution in [2.75, 3.05) is 38.5 Å². The highest BCUT2D eigenvalue weighted by Gasteiger charge is 2.27. The Morgan fingerprint density at radius 1 is 1.29 bits per heavy atom. The zero-order valence-corrected chi connectivity index (χ0v) is 17.7. The minimum Gasteiger partial charge on any atom is -0.491 e. The molecular weight excluding hydrogens is 380 g/mol. The topological polar surface area (TPSA) is 103 Å². The summed E-state index contributed by atoms with van der Waals surface area (Å²) in [6.07, 6.45) is 0.0520. The number of aliphatic imine (C=N–C) groups is 1. The Bertz CT molecular complexity index is 735. The van der Waals surface area contributed by atoms with E-state index in [1.807, 2.05) is 45.0 Å². The van der Waals surface area contributed by atoms with Gasteiger partial charge in [0.05, 0.1) is 24.5 Å². The molecule has 2 rings (SSSR count). The van der Waals surface area contributed by atoms with Gasteiger partial charge in [0.2, 0.25) is 10.0 Å². The van der Waals surface area contributed by atoms with Gasteiger partial charge in [-0.15, -0.1) is 0 Å². The molecule has 0 bridgehead atoms. The van der Waals surface area contributed by atoms with E-state index < -0.39 is 16.1 Å². The zero-order valence-electron chi connectivity index (χ0n) is 16.9. The maximum absolute atomic E-state index is 11.8. The Labute approximate surface area is 168 Å². The number of guanidine groups is 1. The summed E-state index contributed by atoms with van der Waals surface area (Å²) >= 11 is 0. The van der Waals surface area contributed by atoms with Crippen LogP contribution in [0.25, 0.3) is 0 Å². The van der Waals surface area contributed by atoms with Crippen LogP contribution in [0.15, 0.2) is 29.3 Å². The van der Waals surface area contributed by atoms with Gasteiger partial charge < -0.3 is 20.5 Å². The molecule has 8 nitrogen and oxygen atoms in total. The number of aliphatic hydroxyl groups excluding tert-OH is 1. The minimum absolute atomic E-state index is 0.102. The van der Waals surface area contributed by atoms with Crippen LogP contribution in [-0.4, -0.2) is 68.4 Å². The summed E-state index contributed by atoms with van der Waals surface area (Å²) in [5.74, 6) is 1.55. The molecule has 0 aliphatic carbocycles. The standard InChI is InChI=1S/C19H32N4O4S/c1-4-20-19(21-10-12-23-11-5-13-28(23,25)26)22-14-18(24)16-6-8-17(9-7-16)27-15(2)3/h6-9,15,18,24H,4-5,10-14H2,1-3H3,(H2,20,21,22). The van der Waals surface area contributed by atoms with Gasteiger partial charge in [-0.05, 0) is 44.9 Å². The predicted octanol–water partition coefficient (Wildman–Crippen LogP) is 1.10. The zero-order chi connectivity index (χ0) is 20.6. The fraction of sp³-hybridized carbons (Fsp3) is 0.632. The van der Waals surface area contributed by atoms with E-state index >= 15 is 0 Å². The van der Waals surface area contributed by atoms with Crippen LogP contribution in [0.3, 0.4) is 0 Å². The van der Waals surface area contributed by atoms with E-state index in [1.165, 1.54) is 4.31 Å². The SMILES string of the molecule is CCNC(=NCC(O)c1ccc(OC(C)C)cc1)NCCN1CCCS1(=O)=O. The molecule has 1 aromatic carbocycles. The van der Waals surface area contributed by atoms with Crippen molar-refractivity contribution in [2.24, 2.45) is 4.99 Å². The second-order valence-corrected chi connectivity index (χ2v) is 9.05. The van der Waals surface area contributed by atoms with Gasteiger partial charge in [-0.1, -0.05) is 12.1 Å². The first-order valence-corrected chi connectivity index (χ1v) is 11.4. The number of aliphatic hydroxyl groups is 1. The highest BCUT2D eigenvalue weighted by Crippen LogP contribution is 2.19. The third-order valence-corrected chi connectivity index (χ3v) is 6.22. The summed E-state index contributed by atoms with van der Waals surface area (Å²) < 4.78 is 30.8. The molecule has 1 aliphatic heterocycles. The van der Waals surface area contributed by atoms with Crippen molar-refractivity contribution < 1.29 is 18.3 Å². The van der Waals surface area contributed by atoms with E-state index in [4.69, 9.17) is 4.74 Å². The quantitative estimate of drug-likeness (QED) is 0.415. The second-order valence-electron chi connectivity index (χ2n) is 6.97. The van der Waals surface area contributed by atoms with Crippen molar-refractivity contribution in [3.8, 4) is 5.75 Å². The molecule has 0 amide bonds. The van der Waals surface area contributed by atoms with Crippen LogP contribution in [0, 0.1) is 0 Å². The number of nitrogens with zero attached hydrogens (tertiary/aromatic N) is 2. The Morgan fingerprint density at radius 3 is 2.57 bits per heavy atom. The van der Waals surface area contributed by atoms with Crippen molar-refractivity contribution in [3.63, 3.8) is 0 Å². The van der Waals surface area contributed by atoms with Crippen molar-refractivity contribution in [2.45, 2.75) is 39.4 Å². The molecule has 3 N–H and O–H groups in total. The number of nitrogens with one attached hydrogen (secondary N) is 2. The van der Waals surface area contributed by atoms with E-state index in [2.05, 4.69) is 15.6 Å². The normalized spacial score (nSPS) is 18.2. The average molecular weight is 413 g/mol. The van der Waals surface area contributed by atoms with Gasteiger partial charge in [-0.2, -0.15) is 0 Å². The van der Waals surface area contributed by atoms with E-state index in [0.717, 1.165) is 11.3 Å². The van der Waals surface area contributed by atoms with Crippen LogP contribution < -0.4 is 15.4 Å². The van der Waals surface area contributed by atoms with Gasteiger partial charge in [-0.25, -0.2) is 12.7 Å². The predicted molar refractivity (Wildman–Crippen MR) is 111 cm³/mol. The van der Waals surface area contributed by atoms with E-state index in [-0.39, 0.29) is 18.4 Å². The number of sulfonamides is 1. The lowest BCUT2D eigenvalue weighted by atomic mass is 10.1. The minimum atomic E-state index is -3.09. The molecule has 1 atom stereocenters. The van der Waals surface area contributed by atoms with Gasteiger partial charge in [0.25, 0.3) is 0 Å². The van der Waals surface area contributed by atoms with E-state index in [0.29, 0.717) is 38.6 Å². The molecule has 9 heteroatoms. The van der Waals surface area contributed by atoms with Crippen LogP contribution in [0.1, 0.15) is 38.9 Å². The molecule has 1 aliphatic rings. The first-order valence-electron chi connectivity index (χ1n) is 9.76. The van der Waals surface area contributed by atoms with E-state index in [1.54, 1.807) is 0 Å². The molecule has 0 spiro atoms. The second kappa shape index (κ2) is 10.6. The summed E-state index contributed by atoms with van der Waals surface area (Å²) in [5, 5.41) is 16.6. The molecule has 1 aromatic rings. The molecule has 1 fully saturated rings. The first kappa shape index (κ1) is 22.4. The first-order chi connectivity index (χ1) is 13.3. The van der Waals surface area contributed by atoms with E-state index in [9.17, 15) is 13.5 Å². The molecular formula is C19H32N4O4S. The van der Waals surface area contributed by atoms with Gasteiger partial charge in [0.15, 0.2) is 5.96 Å². The summed E-state index contributed by atoms with van der Waals surface area (Å²) in [6.45, 7) is 8.19. The van der Waals surface area contributed by atoms with Crippen LogP contribution >= 0.6 is 0 Å². The van der Waals surface area contributed by atoms with Gasteiger partial charge in [0, 0.05) is 26.2 Å². The van der Waals surface area contributed by atoms with Crippen LogP contribution in [0.2, 0.25) is 0 Å². The summed E-state index contributed by atoms with van der Waals surface area (Å²) in [4.78, 5) is 4.41. The van der Waals surface area contributed by atoms with Crippen LogP contribution in [0.5, 0.6) is 5.75 Å². The monoisotopic (exact) mass is 412 g/mol. The smallest absolute Gasteiger partial charge is 0.214 e. The number of ether oxygens (including phenoxy) is 1. The van der Waals surface area contributed by atoms with Gasteiger partial charge in [-0.3, -0.25) is 4.99 Å². The third kappa shape index (κ3) is 6.96. The maximum atomic E-state index is 11.8. The largest absolute Gasteiger partial charge is 0.491 e. The summed E-state index contributed by atoms with van der Waals surface area (Å²) in [5.41, 5.74) is 0.763. The van der Waals surface area contributed by atoms with Crippen molar-refractivity contribution in [3.05, 3.63) is 29.8 Å². The number of benzene rings is 1. The average Bonchev–Trinajstić information content (AvgIpc) is 2.98. The summed E-state index contributed by atoms with van der Waals surface area (Å²) in [6, 6.07) is 7.33. The summed E-state index contributed by atoms with van der Waals surface area (Å²) in [7, 11) is -3.09. The molecule has 0 saturated carbocycles. The lowest BCUT2D eigenvalue weighted by Crippen LogP contribution is -2.42. The lowest BCUT2D eigenvalue weighted by Gasteiger charge is -2.17. The molecule has 0 aromatic heterocycles. The number of hydrogen-bond acceptors (Lipinski definition) is 5. The third-order valence-electron chi connectivity index (χ3n) is 4.26. The Balaban J connectivity index is 1.86. The van der Waals surface area contributed by atoms with Crippen LogP contribution in [-0.2, 0) is 10.0 Å². The van der Waals surface area contributed by atoms with Crippen molar-refractivity contribution in [1.29, 1.82) is 0 Å². The number of rotatable bonds is 9. The fourth-order valence-corrected chi connectivity index (χ4v) is 4.44. The van der Waals surface area contributed by atoms with Crippen LogP contribution in [0.4, 0.5) is 0 Å². The molecule has 1 unspecified atom stereocenters. The molecule has 0 radical (unpaired) electrons. The highest BCUT2D eigenvalue weighted by molar-refractivity contribution is 7.89. The van der Waals surface area contributed by atoms with Gasteiger partial charge >= 0.3 is 0 Å².